The highest BCUT2D eigenvalue weighted by molar-refractivity contribution is 7.93. The molecule has 1 saturated heterocycles. The van der Waals surface area contributed by atoms with Crippen molar-refractivity contribution in [3.63, 3.8) is 0 Å². The number of halogens is 1. The lowest BCUT2D eigenvalue weighted by Gasteiger charge is -2.37. The number of nitrogens with two attached hydrogens (primary N) is 1. The number of nitrogens with zero attached hydrogens (tertiary/aromatic N) is 1. The van der Waals surface area contributed by atoms with E-state index < -0.39 is 15.6 Å². The highest BCUT2D eigenvalue weighted by Gasteiger charge is 2.37. The van der Waals surface area contributed by atoms with Gasteiger partial charge in [-0.15, -0.1) is 12.4 Å². The number of carbonyl (C=O) groups excluding carboxylic acids is 1. The molecule has 2 fully saturated rings. The molecule has 1 amide bonds. The molecule has 2 aliphatic rings. The second-order valence-corrected chi connectivity index (χ2v) is 9.10. The van der Waals surface area contributed by atoms with Gasteiger partial charge in [0.1, 0.15) is 0 Å². The third-order valence-corrected chi connectivity index (χ3v) is 6.94. The summed E-state index contributed by atoms with van der Waals surface area (Å²) in [5.74, 6) is -0.122. The number of amides is 1. The predicted molar refractivity (Wildman–Crippen MR) is 103 cm³/mol. The molecule has 1 aliphatic heterocycles. The first kappa shape index (κ1) is 20.0. The van der Waals surface area contributed by atoms with E-state index in [2.05, 4.69) is 5.32 Å². The van der Waals surface area contributed by atoms with E-state index >= 15 is 0 Å². The van der Waals surface area contributed by atoms with Gasteiger partial charge in [0.15, 0.2) is 0 Å². The van der Waals surface area contributed by atoms with E-state index in [0.717, 1.165) is 25.7 Å². The number of nitrogens with one attached hydrogen (secondary N) is 1. The highest BCUT2D eigenvalue weighted by atomic mass is 35.5. The molecule has 3 N–H and O–H groups in total. The standard InChI is InChI=1S/C17H25N3O3S.ClH/c1-17(18)9-3-2-8-15(17)16(21)19-13-6-4-7-14(12-13)20-10-5-11-24(20,22)23;/h4,6-7,12,15H,2-3,5,8-11,18H2,1H3,(H,19,21);1H. The van der Waals surface area contributed by atoms with Crippen LogP contribution in [0.15, 0.2) is 24.3 Å². The van der Waals surface area contributed by atoms with Gasteiger partial charge in [0, 0.05) is 17.8 Å². The Kier molecular flexibility index (Phi) is 6.01. The van der Waals surface area contributed by atoms with Crippen molar-refractivity contribution in [2.45, 2.75) is 44.6 Å². The van der Waals surface area contributed by atoms with Gasteiger partial charge in [-0.2, -0.15) is 0 Å². The van der Waals surface area contributed by atoms with Gasteiger partial charge in [-0.25, -0.2) is 8.42 Å². The second kappa shape index (κ2) is 7.51. The fourth-order valence-electron chi connectivity index (χ4n) is 3.69. The van der Waals surface area contributed by atoms with Gasteiger partial charge in [0.05, 0.1) is 17.4 Å². The third kappa shape index (κ3) is 4.27. The number of hydrogen-bond donors (Lipinski definition) is 2. The molecule has 1 aromatic carbocycles. The van der Waals surface area contributed by atoms with Crippen molar-refractivity contribution >= 4 is 39.7 Å². The summed E-state index contributed by atoms with van der Waals surface area (Å²) >= 11 is 0. The summed E-state index contributed by atoms with van der Waals surface area (Å²) in [7, 11) is -3.22. The van der Waals surface area contributed by atoms with E-state index in [0.29, 0.717) is 24.3 Å². The first-order valence-corrected chi connectivity index (χ1v) is 10.1. The van der Waals surface area contributed by atoms with Gasteiger partial charge in [0.2, 0.25) is 15.9 Å². The minimum absolute atomic E-state index is 0. The molecular weight excluding hydrogens is 362 g/mol. The van der Waals surface area contributed by atoms with E-state index in [1.165, 1.54) is 4.31 Å². The molecular formula is C17H26ClN3O3S. The molecule has 1 aromatic rings. The first-order chi connectivity index (χ1) is 11.3. The normalized spacial score (nSPS) is 28.2. The van der Waals surface area contributed by atoms with Gasteiger partial charge in [-0.1, -0.05) is 18.9 Å². The molecule has 0 radical (unpaired) electrons. The number of sulfonamides is 1. The molecule has 1 heterocycles. The summed E-state index contributed by atoms with van der Waals surface area (Å²) in [6.45, 7) is 2.42. The van der Waals surface area contributed by atoms with Crippen molar-refractivity contribution in [3.8, 4) is 0 Å². The van der Waals surface area contributed by atoms with Crippen LogP contribution in [0.3, 0.4) is 0 Å². The Bertz CT molecular complexity index is 736. The number of carbonyl (C=O) groups is 1. The average molecular weight is 388 g/mol. The maximum atomic E-state index is 12.6. The Labute approximate surface area is 155 Å². The van der Waals surface area contributed by atoms with Crippen LogP contribution in [-0.2, 0) is 14.8 Å². The molecule has 140 valence electrons. The average Bonchev–Trinajstić information content (AvgIpc) is 2.86. The van der Waals surface area contributed by atoms with Gasteiger partial charge in [0.25, 0.3) is 0 Å². The van der Waals surface area contributed by atoms with Crippen LogP contribution >= 0.6 is 12.4 Å². The van der Waals surface area contributed by atoms with Crippen LogP contribution in [0.4, 0.5) is 11.4 Å². The highest BCUT2D eigenvalue weighted by Crippen LogP contribution is 2.33. The molecule has 0 aromatic heterocycles. The zero-order valence-corrected chi connectivity index (χ0v) is 16.0. The molecule has 2 atom stereocenters. The van der Waals surface area contributed by atoms with E-state index in [1.807, 2.05) is 6.92 Å². The summed E-state index contributed by atoms with van der Waals surface area (Å²) in [5.41, 5.74) is 7.02. The van der Waals surface area contributed by atoms with Crippen LogP contribution in [0.2, 0.25) is 0 Å². The van der Waals surface area contributed by atoms with Crippen LogP contribution in [0.1, 0.15) is 39.0 Å². The summed E-state index contributed by atoms with van der Waals surface area (Å²) in [6.07, 6.45) is 4.33. The topological polar surface area (TPSA) is 92.5 Å². The van der Waals surface area contributed by atoms with Gasteiger partial charge in [-0.3, -0.25) is 9.10 Å². The fourth-order valence-corrected chi connectivity index (χ4v) is 5.24. The minimum atomic E-state index is -3.22. The lowest BCUT2D eigenvalue weighted by molar-refractivity contribution is -0.122. The van der Waals surface area contributed by atoms with Crippen molar-refractivity contribution in [3.05, 3.63) is 24.3 Å². The van der Waals surface area contributed by atoms with Gasteiger partial charge in [-0.05, 0) is 44.4 Å². The number of rotatable bonds is 3. The van der Waals surface area contributed by atoms with Crippen LogP contribution in [0, 0.1) is 5.92 Å². The second-order valence-electron chi connectivity index (χ2n) is 7.09. The monoisotopic (exact) mass is 387 g/mol. The lowest BCUT2D eigenvalue weighted by atomic mass is 9.74. The molecule has 0 bridgehead atoms. The van der Waals surface area contributed by atoms with E-state index in [-0.39, 0.29) is 30.0 Å². The molecule has 1 aliphatic carbocycles. The van der Waals surface area contributed by atoms with Crippen LogP contribution in [0.25, 0.3) is 0 Å². The zero-order chi connectivity index (χ0) is 17.4. The van der Waals surface area contributed by atoms with Crippen LogP contribution in [-0.4, -0.2) is 32.2 Å². The number of hydrogen-bond acceptors (Lipinski definition) is 4. The Morgan fingerprint density at radius 3 is 2.72 bits per heavy atom. The molecule has 8 heteroatoms. The van der Waals surface area contributed by atoms with Crippen LogP contribution in [0.5, 0.6) is 0 Å². The number of anilines is 2. The van der Waals surface area contributed by atoms with Gasteiger partial charge < -0.3 is 11.1 Å². The Hall–Kier alpha value is -1.31. The Balaban J connectivity index is 0.00000225. The smallest absolute Gasteiger partial charge is 0.235 e. The zero-order valence-electron chi connectivity index (χ0n) is 14.4. The SMILES string of the molecule is CC1(N)CCCCC1C(=O)Nc1cccc(N2CCCS2(=O)=O)c1.Cl. The maximum absolute atomic E-state index is 12.6. The molecule has 0 spiro atoms. The van der Waals surface area contributed by atoms with Crippen molar-refractivity contribution in [2.75, 3.05) is 21.9 Å². The largest absolute Gasteiger partial charge is 0.326 e. The van der Waals surface area contributed by atoms with Crippen molar-refractivity contribution < 1.29 is 13.2 Å². The Morgan fingerprint density at radius 1 is 1.32 bits per heavy atom. The summed E-state index contributed by atoms with van der Waals surface area (Å²) in [5, 5.41) is 2.92. The summed E-state index contributed by atoms with van der Waals surface area (Å²) in [4.78, 5) is 12.6. The quantitative estimate of drug-likeness (QED) is 0.833. The molecule has 6 nitrogen and oxygen atoms in total. The van der Waals surface area contributed by atoms with E-state index in [9.17, 15) is 13.2 Å². The molecule has 1 saturated carbocycles. The summed E-state index contributed by atoms with van der Waals surface area (Å²) < 4.78 is 25.5. The Morgan fingerprint density at radius 2 is 2.08 bits per heavy atom. The predicted octanol–water partition coefficient (Wildman–Crippen LogP) is 2.49. The van der Waals surface area contributed by atoms with E-state index in [1.54, 1.807) is 24.3 Å². The lowest BCUT2D eigenvalue weighted by Crippen LogP contribution is -2.51. The third-order valence-electron chi connectivity index (χ3n) is 5.07. The van der Waals surface area contributed by atoms with Crippen molar-refractivity contribution in [2.24, 2.45) is 11.7 Å². The van der Waals surface area contributed by atoms with Crippen molar-refractivity contribution in [1.29, 1.82) is 0 Å². The van der Waals surface area contributed by atoms with Gasteiger partial charge >= 0.3 is 0 Å². The number of benzene rings is 1. The minimum Gasteiger partial charge on any atom is -0.326 e. The first-order valence-electron chi connectivity index (χ1n) is 8.50. The van der Waals surface area contributed by atoms with Crippen LogP contribution < -0.4 is 15.4 Å². The molecule has 3 rings (SSSR count). The van der Waals surface area contributed by atoms with Crippen molar-refractivity contribution in [1.82, 2.24) is 0 Å². The molecule has 25 heavy (non-hydrogen) atoms. The maximum Gasteiger partial charge on any atom is 0.235 e. The fraction of sp³-hybridized carbons (Fsp3) is 0.588. The summed E-state index contributed by atoms with van der Waals surface area (Å²) in [6, 6.07) is 7.02. The van der Waals surface area contributed by atoms with E-state index in [4.69, 9.17) is 5.73 Å². The molecule has 2 unspecified atom stereocenters.